The first-order valence-corrected chi connectivity index (χ1v) is 12.8. The molecule has 0 saturated heterocycles. The highest BCUT2D eigenvalue weighted by atomic mass is 16.5. The zero-order valence-corrected chi connectivity index (χ0v) is 22.4. The van der Waals surface area contributed by atoms with Gasteiger partial charge in [0, 0.05) is 35.4 Å². The smallest absolute Gasteiger partial charge is 0.197 e. The Morgan fingerprint density at radius 1 is 0.738 bits per heavy atom. The van der Waals surface area contributed by atoms with Gasteiger partial charge in [0.25, 0.3) is 0 Å². The molecule has 0 aliphatic carbocycles. The number of benzene rings is 4. The van der Waals surface area contributed by atoms with Crippen LogP contribution in [0.15, 0.2) is 75.9 Å². The minimum Gasteiger partial charge on any atom is -0.507 e. The Kier molecular flexibility index (Phi) is 6.38. The lowest BCUT2D eigenvalue weighted by Crippen LogP contribution is -2.20. The molecule has 0 fully saturated rings. The molecule has 1 aromatic heterocycles. The van der Waals surface area contributed by atoms with Crippen LogP contribution in [0.2, 0.25) is 0 Å². The van der Waals surface area contributed by atoms with Crippen LogP contribution < -0.4 is 19.6 Å². The third-order valence-corrected chi connectivity index (χ3v) is 7.21. The lowest BCUT2D eigenvalue weighted by atomic mass is 9.92. The number of ether oxygens (including phenoxy) is 3. The Bertz CT molecular complexity index is 1940. The standard InChI is InChI=1S/C32H24O10/c1-39-17-6-3-15(4-7-17)26-14-25(38)31-23(36)12-22(35)29(32(31)42-26)19-9-16(5-8-20(19)33)27-13-24(37)30-21(34)10-18(40-2)11-28(30)41-27/h3-12,14,27,33-36H,13H2,1-2H3. The molecule has 4 aromatic carbocycles. The van der Waals surface area contributed by atoms with Crippen molar-refractivity contribution in [1.29, 1.82) is 0 Å². The van der Waals surface area contributed by atoms with Crippen LogP contribution in [0.25, 0.3) is 33.4 Å². The maximum absolute atomic E-state index is 13.2. The van der Waals surface area contributed by atoms with E-state index in [0.717, 1.165) is 6.07 Å². The highest BCUT2D eigenvalue weighted by Gasteiger charge is 2.32. The summed E-state index contributed by atoms with van der Waals surface area (Å²) in [6.07, 6.45) is -0.931. The molecule has 1 atom stereocenters. The van der Waals surface area contributed by atoms with Gasteiger partial charge in [-0.2, -0.15) is 0 Å². The molecule has 0 radical (unpaired) electrons. The summed E-state index contributed by atoms with van der Waals surface area (Å²) in [5, 5.41) is 42.6. The number of carbonyl (C=O) groups excluding carboxylic acids is 1. The van der Waals surface area contributed by atoms with Crippen molar-refractivity contribution >= 4 is 16.8 Å². The van der Waals surface area contributed by atoms with Gasteiger partial charge < -0.3 is 39.1 Å². The highest BCUT2D eigenvalue weighted by molar-refractivity contribution is 6.03. The van der Waals surface area contributed by atoms with E-state index in [2.05, 4.69) is 0 Å². The number of fused-ring (bicyclic) bond motifs is 2. The van der Waals surface area contributed by atoms with Gasteiger partial charge in [0.15, 0.2) is 16.8 Å². The quantitative estimate of drug-likeness (QED) is 0.208. The zero-order chi connectivity index (χ0) is 29.7. The molecule has 1 aliphatic rings. The number of hydrogen-bond acceptors (Lipinski definition) is 10. The molecule has 10 nitrogen and oxygen atoms in total. The van der Waals surface area contributed by atoms with E-state index in [-0.39, 0.29) is 62.9 Å². The van der Waals surface area contributed by atoms with Crippen LogP contribution in [0.3, 0.4) is 0 Å². The number of hydrogen-bond donors (Lipinski definition) is 4. The molecule has 0 amide bonds. The number of carbonyl (C=O) groups is 1. The number of rotatable bonds is 5. The van der Waals surface area contributed by atoms with Gasteiger partial charge >= 0.3 is 0 Å². The summed E-state index contributed by atoms with van der Waals surface area (Å²) >= 11 is 0. The Morgan fingerprint density at radius 2 is 1.45 bits per heavy atom. The minimum absolute atomic E-state index is 0.0426. The minimum atomic E-state index is -0.816. The molecule has 5 aromatic rings. The summed E-state index contributed by atoms with van der Waals surface area (Å²) < 4.78 is 22.5. The lowest BCUT2D eigenvalue weighted by molar-refractivity contribution is 0.0844. The van der Waals surface area contributed by atoms with Crippen molar-refractivity contribution in [3.63, 3.8) is 0 Å². The second kappa shape index (κ2) is 10.1. The van der Waals surface area contributed by atoms with Crippen molar-refractivity contribution in [2.45, 2.75) is 12.5 Å². The molecular weight excluding hydrogens is 544 g/mol. The summed E-state index contributed by atoms with van der Waals surface area (Å²) in [5.41, 5.74) is 0.339. The first-order chi connectivity index (χ1) is 20.2. The largest absolute Gasteiger partial charge is 0.507 e. The summed E-state index contributed by atoms with van der Waals surface area (Å²) in [4.78, 5) is 26.1. The van der Waals surface area contributed by atoms with Gasteiger partial charge in [0.2, 0.25) is 0 Å². The van der Waals surface area contributed by atoms with Crippen molar-refractivity contribution in [3.05, 3.63) is 88.1 Å². The summed E-state index contributed by atoms with van der Waals surface area (Å²) in [6.45, 7) is 0. The van der Waals surface area contributed by atoms with Gasteiger partial charge in [-0.05, 0) is 42.0 Å². The predicted molar refractivity (Wildman–Crippen MR) is 152 cm³/mol. The average Bonchev–Trinajstić information content (AvgIpc) is 2.97. The van der Waals surface area contributed by atoms with Crippen molar-refractivity contribution in [3.8, 4) is 62.7 Å². The topological polar surface area (TPSA) is 156 Å². The van der Waals surface area contributed by atoms with E-state index in [9.17, 15) is 30.0 Å². The van der Waals surface area contributed by atoms with E-state index >= 15 is 0 Å². The molecular formula is C32H24O10. The molecule has 212 valence electrons. The van der Waals surface area contributed by atoms with E-state index in [4.69, 9.17) is 18.6 Å². The first kappa shape index (κ1) is 26.6. The van der Waals surface area contributed by atoms with Crippen LogP contribution in [0.1, 0.15) is 28.4 Å². The van der Waals surface area contributed by atoms with Gasteiger partial charge in [-0.1, -0.05) is 6.07 Å². The molecule has 1 aliphatic heterocycles. The van der Waals surface area contributed by atoms with Crippen LogP contribution in [0.4, 0.5) is 0 Å². The van der Waals surface area contributed by atoms with Crippen LogP contribution >= 0.6 is 0 Å². The Hall–Kier alpha value is -5.64. The van der Waals surface area contributed by atoms with Gasteiger partial charge in [0.05, 0.1) is 26.2 Å². The second-order valence-electron chi connectivity index (χ2n) is 9.73. The SMILES string of the molecule is COc1ccc(-c2cc(=O)c3c(O)cc(O)c(-c4cc(C5CC(=O)c6c(O)cc(OC)cc6O5)ccc4O)c3o2)cc1. The molecule has 4 N–H and O–H groups in total. The van der Waals surface area contributed by atoms with Crippen molar-refractivity contribution in [1.82, 2.24) is 0 Å². The highest BCUT2D eigenvalue weighted by Crippen LogP contribution is 2.47. The maximum atomic E-state index is 13.2. The van der Waals surface area contributed by atoms with Gasteiger partial charge in [-0.25, -0.2) is 0 Å². The van der Waals surface area contributed by atoms with E-state index in [1.807, 2.05) is 0 Å². The van der Waals surface area contributed by atoms with E-state index < -0.39 is 23.0 Å². The Labute approximate surface area is 238 Å². The fourth-order valence-electron chi connectivity index (χ4n) is 5.13. The van der Waals surface area contributed by atoms with Gasteiger partial charge in [0.1, 0.15) is 63.1 Å². The number of ketones is 1. The number of aromatic hydroxyl groups is 4. The molecule has 0 spiro atoms. The Morgan fingerprint density at radius 3 is 2.17 bits per heavy atom. The third kappa shape index (κ3) is 4.39. The van der Waals surface area contributed by atoms with Crippen molar-refractivity contribution in [2.75, 3.05) is 14.2 Å². The molecule has 6 rings (SSSR count). The molecule has 10 heteroatoms. The number of methoxy groups -OCH3 is 2. The Balaban J connectivity index is 1.50. The van der Waals surface area contributed by atoms with E-state index in [0.29, 0.717) is 22.6 Å². The maximum Gasteiger partial charge on any atom is 0.197 e. The van der Waals surface area contributed by atoms with Gasteiger partial charge in [-0.15, -0.1) is 0 Å². The second-order valence-corrected chi connectivity index (χ2v) is 9.73. The zero-order valence-electron chi connectivity index (χ0n) is 22.4. The normalized spacial score (nSPS) is 14.3. The number of phenols is 4. The van der Waals surface area contributed by atoms with E-state index in [1.54, 1.807) is 30.3 Å². The number of Topliss-reactive ketones (excluding diaryl/α,β-unsaturated/α-hetero) is 1. The molecule has 1 unspecified atom stereocenters. The van der Waals surface area contributed by atoms with E-state index in [1.165, 1.54) is 44.6 Å². The molecule has 2 heterocycles. The number of phenolic OH excluding ortho intramolecular Hbond substituents is 4. The van der Waals surface area contributed by atoms with Crippen LogP contribution in [-0.4, -0.2) is 40.4 Å². The summed E-state index contributed by atoms with van der Waals surface area (Å²) in [5.74, 6) is -0.647. The van der Waals surface area contributed by atoms with Gasteiger partial charge in [-0.3, -0.25) is 9.59 Å². The molecule has 0 saturated carbocycles. The fraction of sp³-hybridized carbons (Fsp3) is 0.125. The third-order valence-electron chi connectivity index (χ3n) is 7.21. The predicted octanol–water partition coefficient (Wildman–Crippen LogP) is 5.67. The lowest BCUT2D eigenvalue weighted by Gasteiger charge is -2.27. The molecule has 42 heavy (non-hydrogen) atoms. The van der Waals surface area contributed by atoms with Crippen LogP contribution in [-0.2, 0) is 0 Å². The van der Waals surface area contributed by atoms with Crippen LogP contribution in [0.5, 0.6) is 40.2 Å². The summed E-state index contributed by atoms with van der Waals surface area (Å²) in [7, 11) is 2.94. The first-order valence-electron chi connectivity index (χ1n) is 12.8. The summed E-state index contributed by atoms with van der Waals surface area (Å²) in [6, 6.07) is 16.2. The van der Waals surface area contributed by atoms with Crippen molar-refractivity contribution in [2.24, 2.45) is 0 Å². The van der Waals surface area contributed by atoms with Crippen LogP contribution in [0, 0.1) is 0 Å². The monoisotopic (exact) mass is 568 g/mol. The fourth-order valence-corrected chi connectivity index (χ4v) is 5.13. The molecule has 0 bridgehead atoms. The average molecular weight is 569 g/mol. The van der Waals surface area contributed by atoms with Crippen molar-refractivity contribution < 1.29 is 43.8 Å².